The van der Waals surface area contributed by atoms with Gasteiger partial charge in [0, 0.05) is 18.8 Å². The normalized spacial score (nSPS) is 17.4. The molecule has 4 nitrogen and oxygen atoms in total. The van der Waals surface area contributed by atoms with Crippen LogP contribution in [0.5, 0.6) is 5.75 Å². The maximum atomic E-state index is 9.65. The second-order valence-corrected chi connectivity index (χ2v) is 4.45. The lowest BCUT2D eigenvalue weighted by atomic mass is 10.2. The van der Waals surface area contributed by atoms with Gasteiger partial charge >= 0.3 is 0 Å². The minimum atomic E-state index is -0.257. The molecule has 1 aliphatic rings. The Morgan fingerprint density at radius 3 is 2.94 bits per heavy atom. The van der Waals surface area contributed by atoms with Crippen LogP contribution in [0.4, 0.5) is 0 Å². The van der Waals surface area contributed by atoms with Gasteiger partial charge in [-0.3, -0.25) is 4.98 Å². The standard InChI is InChI=1S/C12H18N2O2/c1-8-2-5-11(15)10(14-8)6-13-7-12(16)9-3-4-9/h2,5,9,12-13,15-16H,3-4,6-7H2,1H3. The second kappa shape index (κ2) is 4.80. The summed E-state index contributed by atoms with van der Waals surface area (Å²) in [4.78, 5) is 4.24. The van der Waals surface area contributed by atoms with Crippen molar-refractivity contribution < 1.29 is 10.2 Å². The Hall–Kier alpha value is -1.13. The van der Waals surface area contributed by atoms with Crippen LogP contribution in [0.15, 0.2) is 12.1 Å². The first-order chi connectivity index (χ1) is 7.66. The largest absolute Gasteiger partial charge is 0.506 e. The Bertz CT molecular complexity index is 364. The van der Waals surface area contributed by atoms with E-state index in [0.29, 0.717) is 24.7 Å². The molecule has 0 amide bonds. The van der Waals surface area contributed by atoms with Gasteiger partial charge < -0.3 is 15.5 Å². The molecule has 0 radical (unpaired) electrons. The first-order valence-electron chi connectivity index (χ1n) is 5.71. The van der Waals surface area contributed by atoms with Crippen LogP contribution in [0.25, 0.3) is 0 Å². The third-order valence-corrected chi connectivity index (χ3v) is 2.90. The van der Waals surface area contributed by atoms with Gasteiger partial charge in [-0.1, -0.05) is 0 Å². The van der Waals surface area contributed by atoms with Gasteiger partial charge in [0.1, 0.15) is 5.75 Å². The number of aryl methyl sites for hydroxylation is 1. The number of nitrogens with zero attached hydrogens (tertiary/aromatic N) is 1. The minimum absolute atomic E-state index is 0.207. The summed E-state index contributed by atoms with van der Waals surface area (Å²) in [5.41, 5.74) is 1.53. The predicted octanol–water partition coefficient (Wildman–Crippen LogP) is 0.956. The lowest BCUT2D eigenvalue weighted by Crippen LogP contribution is -2.28. The van der Waals surface area contributed by atoms with Gasteiger partial charge in [0.25, 0.3) is 0 Å². The van der Waals surface area contributed by atoms with Gasteiger partial charge in [-0.25, -0.2) is 0 Å². The topological polar surface area (TPSA) is 65.4 Å². The summed E-state index contributed by atoms with van der Waals surface area (Å²) in [6.07, 6.45) is 2.01. The monoisotopic (exact) mass is 222 g/mol. The van der Waals surface area contributed by atoms with E-state index in [9.17, 15) is 10.2 Å². The molecule has 1 aromatic heterocycles. The minimum Gasteiger partial charge on any atom is -0.506 e. The molecule has 1 atom stereocenters. The van der Waals surface area contributed by atoms with Gasteiger partial charge in [0.05, 0.1) is 11.8 Å². The summed E-state index contributed by atoms with van der Waals surface area (Å²) < 4.78 is 0. The summed E-state index contributed by atoms with van der Waals surface area (Å²) in [6, 6.07) is 3.43. The lowest BCUT2D eigenvalue weighted by molar-refractivity contribution is 0.148. The number of rotatable bonds is 5. The quantitative estimate of drug-likeness (QED) is 0.694. The van der Waals surface area contributed by atoms with Gasteiger partial charge in [-0.15, -0.1) is 0 Å². The van der Waals surface area contributed by atoms with E-state index in [1.54, 1.807) is 12.1 Å². The Labute approximate surface area is 95.3 Å². The number of hydrogen-bond donors (Lipinski definition) is 3. The van der Waals surface area contributed by atoms with E-state index in [-0.39, 0.29) is 11.9 Å². The Morgan fingerprint density at radius 2 is 2.25 bits per heavy atom. The molecule has 1 fully saturated rings. The van der Waals surface area contributed by atoms with Crippen LogP contribution in [-0.4, -0.2) is 27.8 Å². The summed E-state index contributed by atoms with van der Waals surface area (Å²) in [7, 11) is 0. The lowest BCUT2D eigenvalue weighted by Gasteiger charge is -2.11. The molecular formula is C12H18N2O2. The van der Waals surface area contributed by atoms with Crippen LogP contribution in [0.2, 0.25) is 0 Å². The molecule has 0 aliphatic heterocycles. The first kappa shape index (κ1) is 11.4. The van der Waals surface area contributed by atoms with E-state index >= 15 is 0 Å². The molecule has 16 heavy (non-hydrogen) atoms. The highest BCUT2D eigenvalue weighted by atomic mass is 16.3. The van der Waals surface area contributed by atoms with Crippen molar-refractivity contribution in [3.63, 3.8) is 0 Å². The van der Waals surface area contributed by atoms with Gasteiger partial charge in [-0.05, 0) is 37.8 Å². The van der Waals surface area contributed by atoms with Crippen molar-refractivity contribution in [2.45, 2.75) is 32.4 Å². The van der Waals surface area contributed by atoms with E-state index in [0.717, 1.165) is 18.5 Å². The second-order valence-electron chi connectivity index (χ2n) is 4.45. The number of aromatic hydroxyl groups is 1. The number of aromatic nitrogens is 1. The van der Waals surface area contributed by atoms with Crippen LogP contribution >= 0.6 is 0 Å². The average Bonchev–Trinajstić information content (AvgIpc) is 3.06. The molecule has 0 aromatic carbocycles. The Balaban J connectivity index is 1.81. The summed E-state index contributed by atoms with van der Waals surface area (Å²) in [5.74, 6) is 0.686. The van der Waals surface area contributed by atoms with Crippen molar-refractivity contribution in [2.24, 2.45) is 5.92 Å². The zero-order chi connectivity index (χ0) is 11.5. The fourth-order valence-corrected chi connectivity index (χ4v) is 1.72. The molecule has 2 rings (SSSR count). The predicted molar refractivity (Wildman–Crippen MR) is 61.1 cm³/mol. The molecule has 0 bridgehead atoms. The maximum absolute atomic E-state index is 9.65. The third kappa shape index (κ3) is 2.93. The van der Waals surface area contributed by atoms with Crippen LogP contribution < -0.4 is 5.32 Å². The summed E-state index contributed by atoms with van der Waals surface area (Å²) in [6.45, 7) is 2.96. The molecule has 88 valence electrons. The molecular weight excluding hydrogens is 204 g/mol. The van der Waals surface area contributed by atoms with Gasteiger partial charge in [0.2, 0.25) is 0 Å². The zero-order valence-electron chi connectivity index (χ0n) is 9.48. The van der Waals surface area contributed by atoms with Crippen molar-refractivity contribution in [1.82, 2.24) is 10.3 Å². The Kier molecular flexibility index (Phi) is 3.41. The SMILES string of the molecule is Cc1ccc(O)c(CNCC(O)C2CC2)n1. The van der Waals surface area contributed by atoms with Crippen LogP contribution in [0.3, 0.4) is 0 Å². The van der Waals surface area contributed by atoms with E-state index in [1.807, 2.05) is 6.92 Å². The van der Waals surface area contributed by atoms with E-state index in [1.165, 1.54) is 0 Å². The fourth-order valence-electron chi connectivity index (χ4n) is 1.72. The molecule has 1 aliphatic carbocycles. The average molecular weight is 222 g/mol. The molecule has 1 heterocycles. The fraction of sp³-hybridized carbons (Fsp3) is 0.583. The highest BCUT2D eigenvalue weighted by Gasteiger charge is 2.29. The molecule has 1 unspecified atom stereocenters. The summed E-state index contributed by atoms with van der Waals surface area (Å²) >= 11 is 0. The number of nitrogens with one attached hydrogen (secondary N) is 1. The van der Waals surface area contributed by atoms with Gasteiger partial charge in [-0.2, -0.15) is 0 Å². The zero-order valence-corrected chi connectivity index (χ0v) is 9.48. The van der Waals surface area contributed by atoms with Crippen molar-refractivity contribution in [2.75, 3.05) is 6.54 Å². The molecule has 0 saturated heterocycles. The number of pyridine rings is 1. The van der Waals surface area contributed by atoms with Crippen LogP contribution in [-0.2, 0) is 6.54 Å². The van der Waals surface area contributed by atoms with E-state index in [2.05, 4.69) is 10.3 Å². The van der Waals surface area contributed by atoms with E-state index in [4.69, 9.17) is 0 Å². The van der Waals surface area contributed by atoms with Crippen molar-refractivity contribution in [1.29, 1.82) is 0 Å². The van der Waals surface area contributed by atoms with E-state index < -0.39 is 0 Å². The smallest absolute Gasteiger partial charge is 0.138 e. The summed E-state index contributed by atoms with van der Waals surface area (Å²) in [5, 5.41) is 22.3. The number of hydrogen-bond acceptors (Lipinski definition) is 4. The molecule has 4 heteroatoms. The molecule has 3 N–H and O–H groups in total. The molecule has 0 spiro atoms. The maximum Gasteiger partial charge on any atom is 0.138 e. The molecule has 1 aromatic rings. The van der Waals surface area contributed by atoms with Gasteiger partial charge in [0.15, 0.2) is 0 Å². The highest BCUT2D eigenvalue weighted by molar-refractivity contribution is 5.27. The third-order valence-electron chi connectivity index (χ3n) is 2.90. The first-order valence-corrected chi connectivity index (χ1v) is 5.71. The van der Waals surface area contributed by atoms with Crippen LogP contribution in [0.1, 0.15) is 24.2 Å². The Morgan fingerprint density at radius 1 is 1.50 bits per heavy atom. The molecule has 1 saturated carbocycles. The van der Waals surface area contributed by atoms with Crippen molar-refractivity contribution in [3.8, 4) is 5.75 Å². The van der Waals surface area contributed by atoms with Crippen LogP contribution in [0, 0.1) is 12.8 Å². The van der Waals surface area contributed by atoms with Crippen molar-refractivity contribution >= 4 is 0 Å². The highest BCUT2D eigenvalue weighted by Crippen LogP contribution is 2.32. The van der Waals surface area contributed by atoms with Crippen molar-refractivity contribution in [3.05, 3.63) is 23.5 Å². The number of aliphatic hydroxyl groups excluding tert-OH is 1. The number of aliphatic hydroxyl groups is 1.